The van der Waals surface area contributed by atoms with Gasteiger partial charge in [-0.15, -0.1) is 10.2 Å². The molecule has 0 spiro atoms. The highest BCUT2D eigenvalue weighted by atomic mass is 16.4. The lowest BCUT2D eigenvalue weighted by Crippen LogP contribution is -2.37. The first kappa shape index (κ1) is 14.9. The number of rotatable bonds is 4. The van der Waals surface area contributed by atoms with E-state index in [4.69, 9.17) is 4.42 Å². The predicted molar refractivity (Wildman–Crippen MR) is 89.1 cm³/mol. The number of nitrogens with zero attached hydrogens (tertiary/aromatic N) is 2. The van der Waals surface area contributed by atoms with Crippen molar-refractivity contribution in [2.24, 2.45) is 11.8 Å². The molecule has 0 radical (unpaired) electrons. The molecule has 0 amide bonds. The van der Waals surface area contributed by atoms with Crippen LogP contribution < -0.4 is 5.32 Å². The molecule has 4 rings (SSSR count). The maximum atomic E-state index is 5.74. The Kier molecular flexibility index (Phi) is 3.93. The second-order valence-electron chi connectivity index (χ2n) is 7.37. The van der Waals surface area contributed by atoms with Crippen LogP contribution in [0.4, 0.5) is 0 Å². The zero-order valence-electron chi connectivity index (χ0n) is 14.0. The Balaban J connectivity index is 1.45. The summed E-state index contributed by atoms with van der Waals surface area (Å²) in [6.07, 6.45) is 5.06. The van der Waals surface area contributed by atoms with Crippen LogP contribution in [0, 0.1) is 11.8 Å². The highest BCUT2D eigenvalue weighted by Crippen LogP contribution is 2.40. The maximum Gasteiger partial charge on any atom is 0.230 e. The fourth-order valence-corrected chi connectivity index (χ4v) is 4.26. The third-order valence-corrected chi connectivity index (χ3v) is 5.47. The van der Waals surface area contributed by atoms with Crippen molar-refractivity contribution in [1.82, 2.24) is 15.5 Å². The van der Waals surface area contributed by atoms with Crippen LogP contribution in [-0.4, -0.2) is 16.2 Å². The van der Waals surface area contributed by atoms with E-state index < -0.39 is 0 Å². The topological polar surface area (TPSA) is 51.0 Å². The molecule has 0 unspecified atom stereocenters. The van der Waals surface area contributed by atoms with E-state index in [1.165, 1.54) is 25.7 Å². The summed E-state index contributed by atoms with van der Waals surface area (Å²) in [7, 11) is 0. The van der Waals surface area contributed by atoms with Gasteiger partial charge < -0.3 is 9.73 Å². The van der Waals surface area contributed by atoms with Crippen LogP contribution in [0.25, 0.3) is 0 Å². The Morgan fingerprint density at radius 1 is 1.09 bits per heavy atom. The lowest BCUT2D eigenvalue weighted by atomic mass is 9.94. The first-order valence-electron chi connectivity index (χ1n) is 8.83. The summed E-state index contributed by atoms with van der Waals surface area (Å²) in [4.78, 5) is 0. The summed E-state index contributed by atoms with van der Waals surface area (Å²) in [5, 5.41) is 12.0. The van der Waals surface area contributed by atoms with Crippen molar-refractivity contribution in [1.29, 1.82) is 0 Å². The average Bonchev–Trinajstić information content (AvgIpc) is 3.09. The number of hydrogen-bond acceptors (Lipinski definition) is 4. The minimum Gasteiger partial charge on any atom is -0.424 e. The fourth-order valence-electron chi connectivity index (χ4n) is 4.26. The van der Waals surface area contributed by atoms with Crippen LogP contribution in [-0.2, 0) is 19.4 Å². The Morgan fingerprint density at radius 3 is 2.30 bits per heavy atom. The molecule has 4 nitrogen and oxygen atoms in total. The predicted octanol–water partition coefficient (Wildman–Crippen LogP) is 3.48. The lowest BCUT2D eigenvalue weighted by Gasteiger charge is -2.23. The molecule has 2 aliphatic carbocycles. The van der Waals surface area contributed by atoms with E-state index in [0.29, 0.717) is 18.5 Å². The number of nitrogens with one attached hydrogen (secondary N) is 1. The molecule has 1 aromatic heterocycles. The van der Waals surface area contributed by atoms with E-state index in [1.807, 2.05) is 0 Å². The van der Waals surface area contributed by atoms with Crippen LogP contribution in [0.3, 0.4) is 0 Å². The zero-order chi connectivity index (χ0) is 15.8. The summed E-state index contributed by atoms with van der Waals surface area (Å²) < 4.78 is 5.74. The Hall–Kier alpha value is -1.68. The standard InChI is InChI=1S/C19H25N3O/c1-12(2)19-22-21-17(23-19)11-20-18-15-7-8-16(18)10-14-6-4-3-5-13(14)9-15/h3-6,12,15-16,18,20H,7-11H2,1-2H3/t15-,16-/m0/s1. The van der Waals surface area contributed by atoms with Crippen LogP contribution in [0.1, 0.15) is 55.5 Å². The van der Waals surface area contributed by atoms with E-state index >= 15 is 0 Å². The molecule has 0 aliphatic heterocycles. The Bertz CT molecular complexity index is 646. The van der Waals surface area contributed by atoms with Crippen LogP contribution in [0.5, 0.6) is 0 Å². The SMILES string of the molecule is CC(C)c1nnc(CNC2[C@H]3CC[C@H]2Cc2ccccc2C3)o1. The van der Waals surface area contributed by atoms with Gasteiger partial charge in [-0.2, -0.15) is 0 Å². The van der Waals surface area contributed by atoms with Crippen LogP contribution in [0.15, 0.2) is 28.7 Å². The minimum atomic E-state index is 0.291. The maximum absolute atomic E-state index is 5.74. The molecule has 1 heterocycles. The van der Waals surface area contributed by atoms with Crippen LogP contribution in [0.2, 0.25) is 0 Å². The third-order valence-electron chi connectivity index (χ3n) is 5.47. The molecule has 122 valence electrons. The van der Waals surface area contributed by atoms with Gasteiger partial charge in [-0.3, -0.25) is 0 Å². The lowest BCUT2D eigenvalue weighted by molar-refractivity contribution is 0.319. The second-order valence-corrected chi connectivity index (χ2v) is 7.37. The van der Waals surface area contributed by atoms with Crippen molar-refractivity contribution < 1.29 is 4.42 Å². The molecular formula is C19H25N3O. The van der Waals surface area contributed by atoms with Gasteiger partial charge in [0.05, 0.1) is 6.54 Å². The molecule has 2 bridgehead atoms. The molecule has 1 saturated carbocycles. The quantitative estimate of drug-likeness (QED) is 0.939. The van der Waals surface area contributed by atoms with E-state index in [-0.39, 0.29) is 0 Å². The normalized spacial score (nSPS) is 26.3. The summed E-state index contributed by atoms with van der Waals surface area (Å²) in [5.41, 5.74) is 3.10. The van der Waals surface area contributed by atoms with E-state index in [2.05, 4.69) is 53.6 Å². The highest BCUT2D eigenvalue weighted by Gasteiger charge is 2.38. The number of hydrogen-bond donors (Lipinski definition) is 1. The summed E-state index contributed by atoms with van der Waals surface area (Å²) in [5.74, 6) is 3.21. The average molecular weight is 311 g/mol. The van der Waals surface area contributed by atoms with Gasteiger partial charge in [-0.05, 0) is 48.6 Å². The molecule has 1 fully saturated rings. The molecule has 2 aliphatic rings. The number of fused-ring (bicyclic) bond motifs is 3. The minimum absolute atomic E-state index is 0.291. The highest BCUT2D eigenvalue weighted by molar-refractivity contribution is 5.30. The fraction of sp³-hybridized carbons (Fsp3) is 0.579. The molecule has 2 atom stereocenters. The molecule has 0 saturated heterocycles. The van der Waals surface area contributed by atoms with Gasteiger partial charge >= 0.3 is 0 Å². The zero-order valence-corrected chi connectivity index (χ0v) is 14.0. The first-order valence-corrected chi connectivity index (χ1v) is 8.83. The van der Waals surface area contributed by atoms with Gasteiger partial charge in [-0.1, -0.05) is 38.1 Å². The number of aromatic nitrogens is 2. The van der Waals surface area contributed by atoms with E-state index in [1.54, 1.807) is 11.1 Å². The smallest absolute Gasteiger partial charge is 0.230 e. The third kappa shape index (κ3) is 2.92. The van der Waals surface area contributed by atoms with E-state index in [0.717, 1.165) is 23.6 Å². The summed E-state index contributed by atoms with van der Waals surface area (Å²) >= 11 is 0. The molecule has 23 heavy (non-hydrogen) atoms. The molecule has 2 aromatic rings. The van der Waals surface area contributed by atoms with Gasteiger partial charge in [0.2, 0.25) is 11.8 Å². The van der Waals surface area contributed by atoms with Crippen LogP contribution >= 0.6 is 0 Å². The second kappa shape index (κ2) is 6.08. The molecule has 1 N–H and O–H groups in total. The van der Waals surface area contributed by atoms with Crippen molar-refractivity contribution in [2.75, 3.05) is 0 Å². The van der Waals surface area contributed by atoms with Gasteiger partial charge in [0.25, 0.3) is 0 Å². The van der Waals surface area contributed by atoms with Gasteiger partial charge in [0.1, 0.15) is 0 Å². The Labute approximate surface area is 137 Å². The molecule has 4 heteroatoms. The van der Waals surface area contributed by atoms with Crippen molar-refractivity contribution in [3.8, 4) is 0 Å². The van der Waals surface area contributed by atoms with Crippen molar-refractivity contribution >= 4 is 0 Å². The molecule has 1 aromatic carbocycles. The summed E-state index contributed by atoms with van der Waals surface area (Å²) in [6, 6.07) is 9.52. The van der Waals surface area contributed by atoms with Gasteiger partial charge in [-0.25, -0.2) is 0 Å². The van der Waals surface area contributed by atoms with Crippen molar-refractivity contribution in [3.05, 3.63) is 47.2 Å². The number of benzene rings is 1. The monoisotopic (exact) mass is 311 g/mol. The molecular weight excluding hydrogens is 286 g/mol. The summed E-state index contributed by atoms with van der Waals surface area (Å²) in [6.45, 7) is 4.84. The van der Waals surface area contributed by atoms with Gasteiger partial charge in [0.15, 0.2) is 0 Å². The van der Waals surface area contributed by atoms with Gasteiger partial charge in [0, 0.05) is 12.0 Å². The van der Waals surface area contributed by atoms with Crippen molar-refractivity contribution in [2.45, 2.75) is 58.0 Å². The Morgan fingerprint density at radius 2 is 1.74 bits per heavy atom. The van der Waals surface area contributed by atoms with Crippen molar-refractivity contribution in [3.63, 3.8) is 0 Å². The largest absolute Gasteiger partial charge is 0.424 e. The first-order chi connectivity index (χ1) is 11.2. The van der Waals surface area contributed by atoms with E-state index in [9.17, 15) is 0 Å².